The predicted octanol–water partition coefficient (Wildman–Crippen LogP) is 3.46. The second kappa shape index (κ2) is 8.61. The number of carbonyl (C=O) groups is 2. The summed E-state index contributed by atoms with van der Waals surface area (Å²) in [6.45, 7) is 6.36. The number of hydrogen-bond donors (Lipinski definition) is 0. The van der Waals surface area contributed by atoms with Gasteiger partial charge in [0, 0.05) is 36.2 Å². The summed E-state index contributed by atoms with van der Waals surface area (Å²) in [5.41, 5.74) is 0.681. The molecule has 0 unspecified atom stereocenters. The molecule has 2 aromatic carbocycles. The minimum Gasteiger partial charge on any atom is -0.339 e. The van der Waals surface area contributed by atoms with Crippen LogP contribution in [-0.4, -0.2) is 55.5 Å². The van der Waals surface area contributed by atoms with Gasteiger partial charge in [-0.3, -0.25) is 9.59 Å². The molecule has 1 amide bonds. The van der Waals surface area contributed by atoms with E-state index in [1.54, 1.807) is 4.90 Å². The zero-order valence-electron chi connectivity index (χ0n) is 17.3. The molecule has 0 atom stereocenters. The molecule has 0 bridgehead atoms. The summed E-state index contributed by atoms with van der Waals surface area (Å²) in [4.78, 5) is 26.4. The molecule has 1 saturated heterocycles. The molecule has 0 aliphatic carbocycles. The molecule has 6 nitrogen and oxygen atoms in total. The SMILES string of the molecule is CC(=O)c1ccc(S(=O)(=O)N2CCN(C(=O)C(C)(C)c3ccc(Br)cc3)CC2)cc1. The number of hydrogen-bond acceptors (Lipinski definition) is 4. The first-order valence-corrected chi connectivity index (χ1v) is 11.9. The first-order chi connectivity index (χ1) is 14.0. The standard InChI is InChI=1S/C22H25BrN2O4S/c1-16(26)17-4-10-20(11-5-17)30(28,29)25-14-12-24(13-15-25)21(27)22(2,3)18-6-8-19(23)9-7-18/h4-11H,12-15H2,1-3H3. The van der Waals surface area contributed by atoms with Crippen molar-refractivity contribution < 1.29 is 18.0 Å². The number of sulfonamides is 1. The van der Waals surface area contributed by atoms with Crippen molar-refractivity contribution in [3.05, 3.63) is 64.1 Å². The molecule has 0 N–H and O–H groups in total. The van der Waals surface area contributed by atoms with Crippen LogP contribution in [0.2, 0.25) is 0 Å². The van der Waals surface area contributed by atoms with Gasteiger partial charge in [0.25, 0.3) is 0 Å². The van der Waals surface area contributed by atoms with Crippen molar-refractivity contribution >= 4 is 37.6 Å². The van der Waals surface area contributed by atoms with Crippen LogP contribution in [0.3, 0.4) is 0 Å². The highest BCUT2D eigenvalue weighted by molar-refractivity contribution is 9.10. The third kappa shape index (κ3) is 4.50. The van der Waals surface area contributed by atoms with Gasteiger partial charge >= 0.3 is 0 Å². The Hall–Kier alpha value is -2.03. The van der Waals surface area contributed by atoms with Crippen molar-refractivity contribution in [2.24, 2.45) is 0 Å². The van der Waals surface area contributed by atoms with Gasteiger partial charge in [-0.1, -0.05) is 40.2 Å². The zero-order chi connectivity index (χ0) is 22.1. The van der Waals surface area contributed by atoms with Crippen LogP contribution in [0.15, 0.2) is 57.9 Å². The number of halogens is 1. The lowest BCUT2D eigenvalue weighted by Gasteiger charge is -2.38. The number of carbonyl (C=O) groups excluding carboxylic acids is 2. The fraction of sp³-hybridized carbons (Fsp3) is 0.364. The number of amides is 1. The number of Topliss-reactive ketones (excluding diaryl/α,β-unsaturated/α-hetero) is 1. The van der Waals surface area contributed by atoms with Crippen LogP contribution in [0, 0.1) is 0 Å². The maximum absolute atomic E-state index is 13.1. The molecular formula is C22H25BrN2O4S. The maximum atomic E-state index is 13.1. The van der Waals surface area contributed by atoms with E-state index in [0.29, 0.717) is 18.7 Å². The van der Waals surface area contributed by atoms with E-state index in [4.69, 9.17) is 0 Å². The maximum Gasteiger partial charge on any atom is 0.243 e. The Morgan fingerprint density at radius 3 is 1.93 bits per heavy atom. The zero-order valence-corrected chi connectivity index (χ0v) is 19.7. The average Bonchev–Trinajstić information content (AvgIpc) is 2.73. The van der Waals surface area contributed by atoms with E-state index in [1.807, 2.05) is 38.1 Å². The van der Waals surface area contributed by atoms with Crippen molar-refractivity contribution in [3.8, 4) is 0 Å². The minimum absolute atomic E-state index is 0.0207. The molecule has 1 heterocycles. The summed E-state index contributed by atoms with van der Waals surface area (Å²) in [6, 6.07) is 13.6. The van der Waals surface area contributed by atoms with Crippen molar-refractivity contribution in [2.75, 3.05) is 26.2 Å². The molecule has 1 aliphatic heterocycles. The topological polar surface area (TPSA) is 74.8 Å². The summed E-state index contributed by atoms with van der Waals surface area (Å²) in [5.74, 6) is -0.132. The van der Waals surface area contributed by atoms with E-state index >= 15 is 0 Å². The predicted molar refractivity (Wildman–Crippen MR) is 119 cm³/mol. The van der Waals surface area contributed by atoms with E-state index in [1.165, 1.54) is 35.5 Å². The van der Waals surface area contributed by atoms with E-state index in [-0.39, 0.29) is 29.7 Å². The van der Waals surface area contributed by atoms with Crippen LogP contribution < -0.4 is 0 Å². The van der Waals surface area contributed by atoms with E-state index < -0.39 is 15.4 Å². The first kappa shape index (κ1) is 22.7. The normalized spacial score (nSPS) is 15.8. The Morgan fingerprint density at radius 1 is 0.900 bits per heavy atom. The monoisotopic (exact) mass is 492 g/mol. The molecular weight excluding hydrogens is 468 g/mol. The highest BCUT2D eigenvalue weighted by Gasteiger charge is 2.37. The van der Waals surface area contributed by atoms with Crippen LogP contribution in [0.5, 0.6) is 0 Å². The number of benzene rings is 2. The highest BCUT2D eigenvalue weighted by Crippen LogP contribution is 2.28. The lowest BCUT2D eigenvalue weighted by Crippen LogP contribution is -2.54. The second-order valence-electron chi connectivity index (χ2n) is 7.91. The molecule has 8 heteroatoms. The quantitative estimate of drug-likeness (QED) is 0.598. The highest BCUT2D eigenvalue weighted by atomic mass is 79.9. The van der Waals surface area contributed by atoms with Gasteiger partial charge < -0.3 is 4.90 Å². The third-order valence-corrected chi connectivity index (χ3v) is 7.97. The van der Waals surface area contributed by atoms with Gasteiger partial charge in [-0.05, 0) is 50.6 Å². The number of nitrogens with zero attached hydrogens (tertiary/aromatic N) is 2. The Bertz CT molecular complexity index is 1040. The number of piperazine rings is 1. The van der Waals surface area contributed by atoms with Gasteiger partial charge in [-0.2, -0.15) is 4.31 Å². The average molecular weight is 493 g/mol. The number of ketones is 1. The Balaban J connectivity index is 1.69. The molecule has 0 saturated carbocycles. The van der Waals surface area contributed by atoms with Gasteiger partial charge in [0.05, 0.1) is 10.3 Å². The first-order valence-electron chi connectivity index (χ1n) is 9.70. The second-order valence-corrected chi connectivity index (χ2v) is 10.8. The van der Waals surface area contributed by atoms with Crippen LogP contribution >= 0.6 is 15.9 Å². The largest absolute Gasteiger partial charge is 0.339 e. The van der Waals surface area contributed by atoms with Gasteiger partial charge in [0.15, 0.2) is 5.78 Å². The van der Waals surface area contributed by atoms with Crippen molar-refractivity contribution in [2.45, 2.75) is 31.1 Å². The lowest BCUT2D eigenvalue weighted by atomic mass is 9.83. The fourth-order valence-electron chi connectivity index (χ4n) is 3.53. The van der Waals surface area contributed by atoms with Crippen LogP contribution in [-0.2, 0) is 20.2 Å². The van der Waals surface area contributed by atoms with E-state index in [9.17, 15) is 18.0 Å². The minimum atomic E-state index is -3.67. The molecule has 2 aromatic rings. The van der Waals surface area contributed by atoms with E-state index in [2.05, 4.69) is 15.9 Å². The molecule has 0 radical (unpaired) electrons. The molecule has 0 aromatic heterocycles. The molecule has 1 fully saturated rings. The summed E-state index contributed by atoms with van der Waals surface area (Å²) < 4.78 is 28.2. The summed E-state index contributed by atoms with van der Waals surface area (Å²) >= 11 is 3.41. The van der Waals surface area contributed by atoms with Gasteiger partial charge in [0.2, 0.25) is 15.9 Å². The summed E-state index contributed by atoms with van der Waals surface area (Å²) in [7, 11) is -3.67. The molecule has 1 aliphatic rings. The van der Waals surface area contributed by atoms with Crippen molar-refractivity contribution in [1.82, 2.24) is 9.21 Å². The molecule has 30 heavy (non-hydrogen) atoms. The number of rotatable bonds is 5. The van der Waals surface area contributed by atoms with Gasteiger partial charge in [-0.15, -0.1) is 0 Å². The van der Waals surface area contributed by atoms with Gasteiger partial charge in [-0.25, -0.2) is 8.42 Å². The Kier molecular flexibility index (Phi) is 6.50. The fourth-order valence-corrected chi connectivity index (χ4v) is 5.21. The lowest BCUT2D eigenvalue weighted by molar-refractivity contribution is -0.137. The van der Waals surface area contributed by atoms with Crippen LogP contribution in [0.4, 0.5) is 0 Å². The smallest absolute Gasteiger partial charge is 0.243 e. The molecule has 160 valence electrons. The van der Waals surface area contributed by atoms with E-state index in [0.717, 1.165) is 10.0 Å². The molecule has 0 spiro atoms. The van der Waals surface area contributed by atoms with Crippen LogP contribution in [0.1, 0.15) is 36.7 Å². The Morgan fingerprint density at radius 2 is 1.43 bits per heavy atom. The summed E-state index contributed by atoms with van der Waals surface area (Å²) in [6.07, 6.45) is 0. The third-order valence-electron chi connectivity index (χ3n) is 5.53. The van der Waals surface area contributed by atoms with Crippen molar-refractivity contribution in [1.29, 1.82) is 0 Å². The van der Waals surface area contributed by atoms with Crippen LogP contribution in [0.25, 0.3) is 0 Å². The van der Waals surface area contributed by atoms with Crippen molar-refractivity contribution in [3.63, 3.8) is 0 Å². The molecule has 3 rings (SSSR count). The summed E-state index contributed by atoms with van der Waals surface area (Å²) in [5, 5.41) is 0. The van der Waals surface area contributed by atoms with Gasteiger partial charge in [0.1, 0.15) is 0 Å². The Labute approximate surface area is 186 Å².